The third-order valence-electron chi connectivity index (χ3n) is 5.66. The lowest BCUT2D eigenvalue weighted by Crippen LogP contribution is -2.63. The zero-order valence-electron chi connectivity index (χ0n) is 15.9. The molecule has 2 aliphatic heterocycles. The topological polar surface area (TPSA) is 71.8 Å². The molecule has 7 nitrogen and oxygen atoms in total. The average molecular weight is 372 g/mol. The normalized spacial score (nSPS) is 30.1. The van der Waals surface area contributed by atoms with Crippen LogP contribution in [0.1, 0.15) is 11.4 Å². The van der Waals surface area contributed by atoms with Gasteiger partial charge in [-0.2, -0.15) is 0 Å². The Bertz CT molecular complexity index is 738. The van der Waals surface area contributed by atoms with Crippen molar-refractivity contribution in [3.05, 3.63) is 54.1 Å². The largest absolute Gasteiger partial charge is 0.390 e. The summed E-state index contributed by atoms with van der Waals surface area (Å²) in [6, 6.07) is 9.66. The summed E-state index contributed by atoms with van der Waals surface area (Å²) in [6.45, 7) is 1.97. The predicted octanol–water partition coefficient (Wildman–Crippen LogP) is 0.537. The molecule has 4 rings (SSSR count). The van der Waals surface area contributed by atoms with Crippen molar-refractivity contribution in [1.29, 1.82) is 0 Å². The lowest BCUT2D eigenvalue weighted by Gasteiger charge is -2.42. The maximum atomic E-state index is 11.1. The minimum absolute atomic E-state index is 0.120. The second-order valence-electron chi connectivity index (χ2n) is 7.43. The Balaban J connectivity index is 1.40. The van der Waals surface area contributed by atoms with Gasteiger partial charge in [-0.15, -0.1) is 0 Å². The first-order valence-electron chi connectivity index (χ1n) is 9.52. The van der Waals surface area contributed by atoms with Gasteiger partial charge < -0.3 is 24.5 Å². The van der Waals surface area contributed by atoms with Gasteiger partial charge in [0.1, 0.15) is 6.10 Å². The SMILES string of the molecule is CN(CCc1ccccn1)C1C2OCC(O2)C(NCc2cccn2C)C1O. The number of nitrogens with one attached hydrogen (secondary N) is 1. The van der Waals surface area contributed by atoms with Crippen molar-refractivity contribution in [2.75, 3.05) is 20.2 Å². The van der Waals surface area contributed by atoms with Crippen molar-refractivity contribution in [2.24, 2.45) is 7.05 Å². The van der Waals surface area contributed by atoms with Crippen LogP contribution in [0, 0.1) is 0 Å². The fourth-order valence-corrected chi connectivity index (χ4v) is 4.01. The number of hydrogen-bond acceptors (Lipinski definition) is 6. The van der Waals surface area contributed by atoms with E-state index in [0.717, 1.165) is 18.7 Å². The number of ether oxygens (including phenoxy) is 2. The van der Waals surface area contributed by atoms with E-state index in [2.05, 4.69) is 25.8 Å². The third kappa shape index (κ3) is 3.93. The minimum atomic E-state index is -0.565. The fraction of sp³-hybridized carbons (Fsp3) is 0.550. The number of rotatable bonds is 7. The highest BCUT2D eigenvalue weighted by atomic mass is 16.7. The number of aliphatic hydroxyl groups excluding tert-OH is 1. The van der Waals surface area contributed by atoms with Gasteiger partial charge in [-0.05, 0) is 31.3 Å². The van der Waals surface area contributed by atoms with Gasteiger partial charge in [-0.1, -0.05) is 6.07 Å². The van der Waals surface area contributed by atoms with Crippen molar-refractivity contribution < 1.29 is 14.6 Å². The summed E-state index contributed by atoms with van der Waals surface area (Å²) in [6.07, 6.45) is 3.58. The van der Waals surface area contributed by atoms with E-state index >= 15 is 0 Å². The lowest BCUT2D eigenvalue weighted by atomic mass is 9.94. The number of aryl methyl sites for hydroxylation is 1. The third-order valence-corrected chi connectivity index (χ3v) is 5.66. The molecule has 0 radical (unpaired) electrons. The van der Waals surface area contributed by atoms with Crippen LogP contribution in [-0.4, -0.2) is 70.3 Å². The van der Waals surface area contributed by atoms with E-state index in [1.54, 1.807) is 0 Å². The first-order valence-corrected chi connectivity index (χ1v) is 9.52. The molecule has 2 aromatic heterocycles. The summed E-state index contributed by atoms with van der Waals surface area (Å²) in [4.78, 5) is 6.50. The van der Waals surface area contributed by atoms with Crippen LogP contribution in [0.4, 0.5) is 0 Å². The molecule has 27 heavy (non-hydrogen) atoms. The Hall–Kier alpha value is -1.77. The summed E-state index contributed by atoms with van der Waals surface area (Å²) in [5.74, 6) is 0. The van der Waals surface area contributed by atoms with Crippen LogP contribution in [0.5, 0.6) is 0 Å². The molecule has 2 N–H and O–H groups in total. The average Bonchev–Trinajstić information content (AvgIpc) is 3.28. The van der Waals surface area contributed by atoms with E-state index in [9.17, 15) is 5.11 Å². The Kier molecular flexibility index (Phi) is 5.56. The fourth-order valence-electron chi connectivity index (χ4n) is 4.01. The smallest absolute Gasteiger partial charge is 0.176 e. The molecular formula is C20H28N4O3. The van der Waals surface area contributed by atoms with Crippen LogP contribution < -0.4 is 5.32 Å². The quantitative estimate of drug-likeness (QED) is 0.739. The van der Waals surface area contributed by atoms with Gasteiger partial charge in [-0.3, -0.25) is 9.88 Å². The van der Waals surface area contributed by atoms with Gasteiger partial charge in [0, 0.05) is 50.3 Å². The molecular weight excluding hydrogens is 344 g/mol. The van der Waals surface area contributed by atoms with E-state index in [-0.39, 0.29) is 24.5 Å². The molecule has 0 aliphatic carbocycles. The van der Waals surface area contributed by atoms with Crippen molar-refractivity contribution in [1.82, 2.24) is 19.8 Å². The summed E-state index contributed by atoms with van der Waals surface area (Å²) < 4.78 is 14.0. The van der Waals surface area contributed by atoms with Crippen LogP contribution in [-0.2, 0) is 29.5 Å². The molecule has 2 fully saturated rings. The number of aliphatic hydroxyl groups is 1. The minimum Gasteiger partial charge on any atom is -0.390 e. The highest BCUT2D eigenvalue weighted by Gasteiger charge is 2.51. The number of aromatic nitrogens is 2. The number of fused-ring (bicyclic) bond motifs is 2. The van der Waals surface area contributed by atoms with E-state index in [4.69, 9.17) is 9.47 Å². The summed E-state index contributed by atoms with van der Waals surface area (Å²) >= 11 is 0. The first-order chi connectivity index (χ1) is 13.1. The standard InChI is InChI=1S/C20H28N4O3/c1-23-10-5-7-15(23)12-22-17-16-13-26-20(27-16)18(19(17)25)24(2)11-8-14-6-3-4-9-21-14/h3-7,9-10,16-20,22,25H,8,11-13H2,1-2H3. The Labute approximate surface area is 159 Å². The Morgan fingerprint density at radius 3 is 2.96 bits per heavy atom. The van der Waals surface area contributed by atoms with Crippen molar-refractivity contribution in [2.45, 2.75) is 43.5 Å². The van der Waals surface area contributed by atoms with Crippen LogP contribution in [0.15, 0.2) is 42.7 Å². The first kappa shape index (κ1) is 18.6. The molecule has 0 saturated carbocycles. The van der Waals surface area contributed by atoms with E-state index in [1.165, 1.54) is 5.69 Å². The monoisotopic (exact) mass is 372 g/mol. The van der Waals surface area contributed by atoms with Crippen LogP contribution in [0.2, 0.25) is 0 Å². The van der Waals surface area contributed by atoms with Crippen molar-refractivity contribution >= 4 is 0 Å². The van der Waals surface area contributed by atoms with Gasteiger partial charge in [-0.25, -0.2) is 0 Å². The highest BCUT2D eigenvalue weighted by molar-refractivity contribution is 5.08. The Morgan fingerprint density at radius 1 is 1.33 bits per heavy atom. The van der Waals surface area contributed by atoms with Gasteiger partial charge in [0.05, 0.1) is 24.8 Å². The number of hydrogen-bond donors (Lipinski definition) is 2. The van der Waals surface area contributed by atoms with E-state index in [0.29, 0.717) is 13.2 Å². The molecule has 146 valence electrons. The summed E-state index contributed by atoms with van der Waals surface area (Å²) in [5.41, 5.74) is 2.21. The number of nitrogens with zero attached hydrogens (tertiary/aromatic N) is 3. The maximum absolute atomic E-state index is 11.1. The molecule has 2 bridgehead atoms. The van der Waals surface area contributed by atoms with Gasteiger partial charge in [0.25, 0.3) is 0 Å². The van der Waals surface area contributed by atoms with Crippen LogP contribution in [0.25, 0.3) is 0 Å². The van der Waals surface area contributed by atoms with Gasteiger partial charge in [0.2, 0.25) is 0 Å². The lowest BCUT2D eigenvalue weighted by molar-refractivity contribution is -0.178. The van der Waals surface area contributed by atoms with Crippen molar-refractivity contribution in [3.63, 3.8) is 0 Å². The number of likely N-dealkylation sites (N-methyl/N-ethyl adjacent to an activating group) is 1. The van der Waals surface area contributed by atoms with Crippen LogP contribution >= 0.6 is 0 Å². The molecule has 0 aromatic carbocycles. The van der Waals surface area contributed by atoms with Crippen molar-refractivity contribution in [3.8, 4) is 0 Å². The number of pyridine rings is 1. The summed E-state index contributed by atoms with van der Waals surface area (Å²) in [5, 5.41) is 14.6. The van der Waals surface area contributed by atoms with E-state index in [1.807, 2.05) is 50.8 Å². The molecule has 2 aliphatic rings. The maximum Gasteiger partial charge on any atom is 0.176 e. The van der Waals surface area contributed by atoms with E-state index < -0.39 is 6.10 Å². The molecule has 0 amide bonds. The molecule has 0 spiro atoms. The molecule has 2 aromatic rings. The Morgan fingerprint density at radius 2 is 2.22 bits per heavy atom. The molecule has 2 saturated heterocycles. The van der Waals surface area contributed by atoms with Gasteiger partial charge in [0.15, 0.2) is 6.29 Å². The molecule has 7 heteroatoms. The second-order valence-corrected chi connectivity index (χ2v) is 7.43. The zero-order chi connectivity index (χ0) is 18.8. The predicted molar refractivity (Wildman–Crippen MR) is 101 cm³/mol. The highest BCUT2D eigenvalue weighted by Crippen LogP contribution is 2.31. The van der Waals surface area contributed by atoms with Gasteiger partial charge >= 0.3 is 0 Å². The molecule has 4 heterocycles. The second kappa shape index (κ2) is 8.08. The summed E-state index contributed by atoms with van der Waals surface area (Å²) in [7, 11) is 4.03. The zero-order valence-corrected chi connectivity index (χ0v) is 15.9. The molecule has 5 unspecified atom stereocenters. The van der Waals surface area contributed by atoms with Crippen LogP contribution in [0.3, 0.4) is 0 Å². The molecule has 5 atom stereocenters.